The van der Waals surface area contributed by atoms with Crippen molar-refractivity contribution in [2.75, 3.05) is 20.1 Å². The van der Waals surface area contributed by atoms with Gasteiger partial charge in [0.1, 0.15) is 5.82 Å². The zero-order chi connectivity index (χ0) is 19.6. The van der Waals surface area contributed by atoms with E-state index >= 15 is 0 Å². The number of nitrogens with one attached hydrogen (secondary N) is 2. The number of carboxylic acids is 1. The van der Waals surface area contributed by atoms with E-state index in [1.165, 1.54) is 12.1 Å². The maximum absolute atomic E-state index is 13.6. The van der Waals surface area contributed by atoms with Gasteiger partial charge in [-0.05, 0) is 37.2 Å². The quantitative estimate of drug-likeness (QED) is 0.758. The van der Waals surface area contributed by atoms with Crippen molar-refractivity contribution in [2.24, 2.45) is 0 Å². The van der Waals surface area contributed by atoms with E-state index in [0.29, 0.717) is 30.9 Å². The Bertz CT molecular complexity index is 937. The van der Waals surface area contributed by atoms with Gasteiger partial charge < -0.3 is 15.8 Å². The Kier molecular flexibility index (Phi) is 5.37. The molecule has 0 saturated carbocycles. The monoisotopic (exact) mass is 367 g/mol. The first-order chi connectivity index (χ1) is 12.9. The molecular weight excluding hydrogens is 345 g/mol. The van der Waals surface area contributed by atoms with E-state index in [-0.39, 0.29) is 5.56 Å². The Morgan fingerprint density at radius 2 is 1.96 bits per heavy atom. The summed E-state index contributed by atoms with van der Waals surface area (Å²) in [6.07, 6.45) is 0. The summed E-state index contributed by atoms with van der Waals surface area (Å²) in [5.74, 6) is -2.03. The summed E-state index contributed by atoms with van der Waals surface area (Å²) < 4.78 is 13.6. The molecule has 0 atom stereocenters. The van der Waals surface area contributed by atoms with Crippen LogP contribution in [0.15, 0.2) is 48.0 Å². The van der Waals surface area contributed by atoms with E-state index in [2.05, 4.69) is 10.2 Å². The number of carboxylic acid groups (broad SMARTS) is 1. The molecule has 2 aromatic rings. The van der Waals surface area contributed by atoms with Gasteiger partial charge in [-0.25, -0.2) is 9.18 Å². The molecule has 0 aromatic heterocycles. The lowest BCUT2D eigenvalue weighted by atomic mass is 9.99. The fourth-order valence-electron chi connectivity index (χ4n) is 3.27. The van der Waals surface area contributed by atoms with Gasteiger partial charge in [0.25, 0.3) is 0 Å². The molecule has 1 heterocycles. The van der Waals surface area contributed by atoms with E-state index in [9.17, 15) is 9.18 Å². The Balaban J connectivity index is 1.95. The lowest BCUT2D eigenvalue weighted by Gasteiger charge is -2.17. The van der Waals surface area contributed by atoms with Crippen LogP contribution in [0.4, 0.5) is 4.39 Å². The second kappa shape index (κ2) is 7.72. The topological polar surface area (TPSA) is 76.4 Å². The van der Waals surface area contributed by atoms with Crippen molar-refractivity contribution in [3.63, 3.8) is 0 Å². The number of hydrogen-bond donors (Lipinski definition) is 3. The van der Waals surface area contributed by atoms with Gasteiger partial charge in [0, 0.05) is 36.5 Å². The summed E-state index contributed by atoms with van der Waals surface area (Å²) in [4.78, 5) is 13.2. The number of aromatic carboxylic acids is 1. The molecule has 6 heteroatoms. The third-order valence-corrected chi connectivity index (χ3v) is 4.67. The third kappa shape index (κ3) is 4.06. The van der Waals surface area contributed by atoms with E-state index in [1.807, 2.05) is 38.2 Å². The Labute approximate surface area is 157 Å². The maximum Gasteiger partial charge on any atom is 0.338 e. The summed E-state index contributed by atoms with van der Waals surface area (Å²) in [5, 5.41) is 20.8. The maximum atomic E-state index is 13.6. The Morgan fingerprint density at radius 3 is 2.59 bits per heavy atom. The Hall–Kier alpha value is -2.99. The van der Waals surface area contributed by atoms with Crippen LogP contribution in [0.5, 0.6) is 0 Å². The first-order valence-corrected chi connectivity index (χ1v) is 8.68. The van der Waals surface area contributed by atoms with E-state index in [1.54, 1.807) is 6.07 Å². The molecule has 5 nitrogen and oxygen atoms in total. The summed E-state index contributed by atoms with van der Waals surface area (Å²) >= 11 is 0. The zero-order valence-corrected chi connectivity index (χ0v) is 15.3. The first-order valence-electron chi connectivity index (χ1n) is 8.68. The number of benzene rings is 2. The van der Waals surface area contributed by atoms with Gasteiger partial charge in [0.15, 0.2) is 0 Å². The number of halogens is 1. The molecule has 1 aliphatic heterocycles. The molecule has 1 fully saturated rings. The standard InChI is InChI=1S/C21H22FN3O2/c1-13-5-3-4-6-15(13)20(17-11-25(2)12-19(17)23)24-10-14-7-8-18(22)16(9-14)21(26)27/h3-9,23-24H,10-12H2,1-2H3,(H,26,27)/b20-17-,23-19?. The van der Waals surface area contributed by atoms with Crippen LogP contribution in [-0.4, -0.2) is 41.8 Å². The molecule has 0 unspecified atom stereocenters. The predicted octanol–water partition coefficient (Wildman–Crippen LogP) is 3.30. The molecule has 0 spiro atoms. The SMILES string of the molecule is Cc1ccccc1/C(NCc1ccc(F)c(C(=O)O)c1)=C1\CN(C)CC1=N. The molecule has 0 radical (unpaired) electrons. The minimum atomic E-state index is -1.29. The second-order valence-corrected chi connectivity index (χ2v) is 6.79. The molecular formula is C21H22FN3O2. The first kappa shape index (κ1) is 18.8. The third-order valence-electron chi connectivity index (χ3n) is 4.67. The highest BCUT2D eigenvalue weighted by atomic mass is 19.1. The number of likely N-dealkylation sites (N-methyl/N-ethyl adjacent to an activating group) is 1. The molecule has 2 aromatic carbocycles. The van der Waals surface area contributed by atoms with Gasteiger partial charge in [-0.15, -0.1) is 0 Å². The minimum absolute atomic E-state index is 0.338. The highest BCUT2D eigenvalue weighted by Gasteiger charge is 2.24. The molecule has 3 rings (SSSR count). The molecule has 27 heavy (non-hydrogen) atoms. The van der Waals surface area contributed by atoms with Crippen molar-refractivity contribution in [2.45, 2.75) is 13.5 Å². The molecule has 140 valence electrons. The zero-order valence-electron chi connectivity index (χ0n) is 15.3. The summed E-state index contributed by atoms with van der Waals surface area (Å²) in [7, 11) is 1.97. The molecule has 1 saturated heterocycles. The normalized spacial score (nSPS) is 16.5. The largest absolute Gasteiger partial charge is 0.478 e. The highest BCUT2D eigenvalue weighted by Crippen LogP contribution is 2.25. The number of nitrogens with zero attached hydrogens (tertiary/aromatic N) is 1. The van der Waals surface area contributed by atoms with Crippen molar-refractivity contribution in [1.82, 2.24) is 10.2 Å². The van der Waals surface area contributed by atoms with Gasteiger partial charge in [-0.3, -0.25) is 4.90 Å². The molecule has 0 amide bonds. The van der Waals surface area contributed by atoms with Crippen LogP contribution in [0.3, 0.4) is 0 Å². The minimum Gasteiger partial charge on any atom is -0.478 e. The van der Waals surface area contributed by atoms with Crippen molar-refractivity contribution >= 4 is 17.4 Å². The number of carbonyl (C=O) groups is 1. The molecule has 1 aliphatic rings. The van der Waals surface area contributed by atoms with Crippen molar-refractivity contribution in [3.8, 4) is 0 Å². The summed E-state index contributed by atoms with van der Waals surface area (Å²) in [6.45, 7) is 3.61. The van der Waals surface area contributed by atoms with Crippen LogP contribution in [0.1, 0.15) is 27.0 Å². The van der Waals surface area contributed by atoms with E-state index in [0.717, 1.165) is 22.4 Å². The van der Waals surface area contributed by atoms with Crippen molar-refractivity contribution < 1.29 is 14.3 Å². The summed E-state index contributed by atoms with van der Waals surface area (Å²) in [5.41, 5.74) is 4.77. The number of likely N-dealkylation sites (tertiary alicyclic amines) is 1. The fourth-order valence-corrected chi connectivity index (χ4v) is 3.27. The van der Waals surface area contributed by atoms with Gasteiger partial charge in [-0.2, -0.15) is 0 Å². The van der Waals surface area contributed by atoms with E-state index in [4.69, 9.17) is 10.5 Å². The molecule has 0 bridgehead atoms. The number of hydrogen-bond acceptors (Lipinski definition) is 4. The number of rotatable bonds is 5. The van der Waals surface area contributed by atoms with Crippen LogP contribution in [0.2, 0.25) is 0 Å². The van der Waals surface area contributed by atoms with Crippen LogP contribution >= 0.6 is 0 Å². The van der Waals surface area contributed by atoms with Crippen LogP contribution in [0, 0.1) is 18.2 Å². The van der Waals surface area contributed by atoms with Crippen molar-refractivity contribution in [1.29, 1.82) is 5.41 Å². The van der Waals surface area contributed by atoms with Crippen LogP contribution in [0.25, 0.3) is 5.70 Å². The van der Waals surface area contributed by atoms with E-state index < -0.39 is 11.8 Å². The average Bonchev–Trinajstić information content (AvgIpc) is 2.96. The van der Waals surface area contributed by atoms with Crippen molar-refractivity contribution in [3.05, 3.63) is 76.1 Å². The van der Waals surface area contributed by atoms with Gasteiger partial charge in [0.2, 0.25) is 0 Å². The average molecular weight is 367 g/mol. The number of aryl methyl sites for hydroxylation is 1. The lowest BCUT2D eigenvalue weighted by molar-refractivity contribution is 0.0691. The molecule has 0 aliphatic carbocycles. The van der Waals surface area contributed by atoms with Gasteiger partial charge in [0.05, 0.1) is 11.3 Å². The molecule has 3 N–H and O–H groups in total. The summed E-state index contributed by atoms with van der Waals surface area (Å²) in [6, 6.07) is 12.0. The lowest BCUT2D eigenvalue weighted by Crippen LogP contribution is -2.18. The second-order valence-electron chi connectivity index (χ2n) is 6.79. The smallest absolute Gasteiger partial charge is 0.338 e. The fraction of sp³-hybridized carbons (Fsp3) is 0.238. The van der Waals surface area contributed by atoms with Gasteiger partial charge >= 0.3 is 5.97 Å². The Morgan fingerprint density at radius 1 is 1.22 bits per heavy atom. The van der Waals surface area contributed by atoms with Gasteiger partial charge in [-0.1, -0.05) is 30.3 Å². The van der Waals surface area contributed by atoms with Crippen LogP contribution in [-0.2, 0) is 6.54 Å². The highest BCUT2D eigenvalue weighted by molar-refractivity contribution is 6.07. The van der Waals surface area contributed by atoms with Crippen LogP contribution < -0.4 is 5.32 Å². The predicted molar refractivity (Wildman–Crippen MR) is 104 cm³/mol.